The minimum atomic E-state index is -1.36. The molecule has 0 amide bonds. The molecule has 0 bridgehead atoms. The maximum Gasteiger partial charge on any atom is 0.0507 e. The van der Waals surface area contributed by atoms with E-state index in [4.69, 9.17) is 19.4 Å². The van der Waals surface area contributed by atoms with E-state index >= 15 is 0 Å². The van der Waals surface area contributed by atoms with Crippen molar-refractivity contribution in [3.05, 3.63) is 121 Å². The van der Waals surface area contributed by atoms with E-state index in [9.17, 15) is 0 Å². The van der Waals surface area contributed by atoms with Gasteiger partial charge in [0, 0.05) is 11.4 Å². The van der Waals surface area contributed by atoms with Crippen LogP contribution in [0.1, 0.15) is 41.3 Å². The largest absolute Gasteiger partial charge is 0.495 e. The SMILES string of the molecule is C[CH]=[Ru]([Cl])[Cl].Cc1ccccc1N1[CH-]N(c2ccccc2C)C2c3cccc4cccc(c34)C21.[CH3-]. The van der Waals surface area contributed by atoms with Crippen LogP contribution in [0.5, 0.6) is 0 Å². The van der Waals surface area contributed by atoms with Crippen molar-refractivity contribution in [2.75, 3.05) is 9.80 Å². The fourth-order valence-corrected chi connectivity index (χ4v) is 5.24. The van der Waals surface area contributed by atoms with E-state index in [0.717, 1.165) is 0 Å². The van der Waals surface area contributed by atoms with Crippen LogP contribution in [0.15, 0.2) is 84.9 Å². The molecule has 0 radical (unpaired) electrons. The van der Waals surface area contributed by atoms with Crippen LogP contribution in [0.2, 0.25) is 0 Å². The van der Waals surface area contributed by atoms with Crippen LogP contribution >= 0.6 is 19.4 Å². The van der Waals surface area contributed by atoms with Gasteiger partial charge in [0.15, 0.2) is 0 Å². The molecule has 0 aromatic heterocycles. The molecule has 1 heterocycles. The molecule has 6 rings (SSSR count). The second kappa shape index (κ2) is 10.8. The molecule has 1 fully saturated rings. The van der Waals surface area contributed by atoms with Gasteiger partial charge < -0.3 is 17.2 Å². The van der Waals surface area contributed by atoms with Gasteiger partial charge in [0.25, 0.3) is 0 Å². The topological polar surface area (TPSA) is 6.48 Å². The van der Waals surface area contributed by atoms with Crippen molar-refractivity contribution in [1.82, 2.24) is 0 Å². The zero-order chi connectivity index (χ0) is 23.8. The first-order valence-electron chi connectivity index (χ1n) is 11.3. The van der Waals surface area contributed by atoms with Crippen LogP contribution < -0.4 is 9.80 Å². The number of para-hydroxylation sites is 2. The van der Waals surface area contributed by atoms with Crippen LogP contribution in [0.4, 0.5) is 11.4 Å². The Bertz CT molecular complexity index is 1290. The van der Waals surface area contributed by atoms with Gasteiger partial charge in [-0.25, -0.2) is 0 Å². The average Bonchev–Trinajstić information content (AvgIpc) is 3.39. The molecule has 184 valence electrons. The van der Waals surface area contributed by atoms with Crippen molar-refractivity contribution >= 4 is 46.1 Å². The van der Waals surface area contributed by atoms with Gasteiger partial charge >= 0.3 is 44.4 Å². The number of anilines is 2. The maximum atomic E-state index is 5.32. The predicted octanol–water partition coefficient (Wildman–Crippen LogP) is 8.88. The molecule has 0 spiro atoms. The molecular formula is C30H30Cl2N2Ru-2. The first kappa shape index (κ1) is 25.9. The second-order valence-electron chi connectivity index (χ2n) is 8.59. The van der Waals surface area contributed by atoms with Gasteiger partial charge in [-0.2, -0.15) is 6.67 Å². The molecule has 2 atom stereocenters. The summed E-state index contributed by atoms with van der Waals surface area (Å²) in [5.41, 5.74) is 8.03. The molecule has 5 heteroatoms. The minimum absolute atomic E-state index is 0. The Morgan fingerprint density at radius 1 is 0.714 bits per heavy atom. The zero-order valence-electron chi connectivity index (χ0n) is 20.4. The monoisotopic (exact) mass is 590 g/mol. The summed E-state index contributed by atoms with van der Waals surface area (Å²) in [5, 5.41) is 2.76. The molecule has 1 aliphatic heterocycles. The molecule has 1 aliphatic carbocycles. The summed E-state index contributed by atoms with van der Waals surface area (Å²) >= 11 is -1.36. The van der Waals surface area contributed by atoms with E-state index in [1.807, 2.05) is 11.5 Å². The molecule has 35 heavy (non-hydrogen) atoms. The van der Waals surface area contributed by atoms with Gasteiger partial charge in [-0.15, -0.1) is 0 Å². The third kappa shape index (κ3) is 4.67. The molecule has 4 aromatic rings. The smallest absolute Gasteiger partial charge is 0.0507 e. The van der Waals surface area contributed by atoms with E-state index < -0.39 is 13.5 Å². The van der Waals surface area contributed by atoms with Gasteiger partial charge in [0.05, 0.1) is 12.1 Å². The van der Waals surface area contributed by atoms with Gasteiger partial charge in [-0.3, -0.25) is 0 Å². The standard InChI is InChI=1S/C27H23N2.C2H4.CH3.2ClH.Ru/c1-18-9-3-5-15-23(18)28-17-29(24-16-6-4-10-19(24)2)27-22-14-8-12-20-11-7-13-21(25(20)22)26(27)28;1-2;;;;/h3-17,26-27H,1-2H3;1H,2H3;1H3;2*1H;/q-1;;-1;;;+2/p-2. The quantitative estimate of drug-likeness (QED) is 0.170. The van der Waals surface area contributed by atoms with Crippen molar-refractivity contribution in [2.45, 2.75) is 32.9 Å². The average molecular weight is 591 g/mol. The van der Waals surface area contributed by atoms with Crippen LogP contribution in [0, 0.1) is 27.9 Å². The summed E-state index contributed by atoms with van der Waals surface area (Å²) < 4.78 is 1.84. The number of halogens is 2. The number of nitrogens with zero attached hydrogens (tertiary/aromatic N) is 2. The van der Waals surface area contributed by atoms with E-state index in [1.165, 1.54) is 44.4 Å². The summed E-state index contributed by atoms with van der Waals surface area (Å²) in [5.74, 6) is 0. The molecule has 1 saturated heterocycles. The third-order valence-electron chi connectivity index (χ3n) is 6.70. The summed E-state index contributed by atoms with van der Waals surface area (Å²) in [6.45, 7) is 8.61. The zero-order valence-corrected chi connectivity index (χ0v) is 23.6. The first-order chi connectivity index (χ1) is 16.5. The van der Waals surface area contributed by atoms with Crippen LogP contribution in [0.25, 0.3) is 10.8 Å². The number of hydrogen-bond donors (Lipinski definition) is 0. The van der Waals surface area contributed by atoms with E-state index in [2.05, 4.69) is 115 Å². The maximum absolute atomic E-state index is 5.32. The van der Waals surface area contributed by atoms with Crippen LogP contribution in [-0.4, -0.2) is 4.61 Å². The molecule has 2 aliphatic rings. The number of rotatable bonds is 2. The number of aryl methyl sites for hydroxylation is 2. The van der Waals surface area contributed by atoms with Crippen molar-refractivity contribution in [2.24, 2.45) is 0 Å². The Balaban J connectivity index is 0.000000441. The number of hydrogen-bond acceptors (Lipinski definition) is 2. The van der Waals surface area contributed by atoms with Crippen molar-refractivity contribution < 1.29 is 13.5 Å². The van der Waals surface area contributed by atoms with E-state index in [1.54, 1.807) is 0 Å². The van der Waals surface area contributed by atoms with Crippen molar-refractivity contribution in [3.63, 3.8) is 0 Å². The minimum Gasteiger partial charge on any atom is -0.495 e. The Morgan fingerprint density at radius 3 is 1.54 bits per heavy atom. The summed E-state index contributed by atoms with van der Waals surface area (Å²) in [6, 6.07) is 31.5. The van der Waals surface area contributed by atoms with Crippen LogP contribution in [-0.2, 0) is 13.5 Å². The first-order valence-corrected chi connectivity index (χ1v) is 16.8. The summed E-state index contributed by atoms with van der Waals surface area (Å²) in [7, 11) is 10.6. The Morgan fingerprint density at radius 2 is 1.14 bits per heavy atom. The molecule has 0 N–H and O–H groups in total. The third-order valence-corrected chi connectivity index (χ3v) is 9.28. The predicted molar refractivity (Wildman–Crippen MR) is 151 cm³/mol. The normalized spacial score (nSPS) is 17.9. The summed E-state index contributed by atoms with van der Waals surface area (Å²) in [4.78, 5) is 4.97. The van der Waals surface area contributed by atoms with Crippen LogP contribution in [0.3, 0.4) is 0 Å². The second-order valence-corrected chi connectivity index (χ2v) is 14.8. The Hall–Kier alpha value is -2.19. The van der Waals surface area contributed by atoms with E-state index in [0.29, 0.717) is 0 Å². The van der Waals surface area contributed by atoms with Gasteiger partial charge in [0.1, 0.15) is 0 Å². The van der Waals surface area contributed by atoms with Crippen molar-refractivity contribution in [3.8, 4) is 0 Å². The van der Waals surface area contributed by atoms with E-state index in [-0.39, 0.29) is 19.5 Å². The molecule has 0 saturated carbocycles. The fourth-order valence-electron chi connectivity index (χ4n) is 5.24. The Labute approximate surface area is 222 Å². The molecular weight excluding hydrogens is 560 g/mol. The van der Waals surface area contributed by atoms with Gasteiger partial charge in [0.2, 0.25) is 0 Å². The fraction of sp³-hybridized carbons (Fsp3) is 0.167. The Kier molecular flexibility index (Phi) is 8.01. The van der Waals surface area contributed by atoms with Gasteiger partial charge in [-0.05, 0) is 59.0 Å². The number of benzene rings is 4. The van der Waals surface area contributed by atoms with Crippen molar-refractivity contribution in [1.29, 1.82) is 0 Å². The summed E-state index contributed by atoms with van der Waals surface area (Å²) in [6.07, 6.45) is 0. The number of fused-ring (bicyclic) bond motifs is 3. The molecule has 2 unspecified atom stereocenters. The molecule has 2 nitrogen and oxygen atoms in total. The van der Waals surface area contributed by atoms with Gasteiger partial charge in [-0.1, -0.05) is 72.8 Å². The molecule has 4 aromatic carbocycles.